The van der Waals surface area contributed by atoms with Crippen LogP contribution in [-0.4, -0.2) is 21.6 Å². The van der Waals surface area contributed by atoms with Crippen molar-refractivity contribution >= 4 is 34.1 Å². The topological polar surface area (TPSA) is 93.1 Å². The molecule has 1 aromatic heterocycles. The van der Waals surface area contributed by atoms with Crippen molar-refractivity contribution in [2.45, 2.75) is 6.54 Å². The van der Waals surface area contributed by atoms with E-state index >= 15 is 0 Å². The number of benzene rings is 3. The average Bonchev–Trinajstić information content (AvgIpc) is 2.76. The number of nitrogens with one attached hydrogen (secondary N) is 2. The SMILES string of the molecule is O=C(Cn1ncc(=O)c2ccccc21)Nc1cccc(C(=O)Nc2cccc(F)c2)c1. The quantitative estimate of drug-likeness (QED) is 0.521. The highest BCUT2D eigenvalue weighted by Crippen LogP contribution is 2.15. The standard InChI is InChI=1S/C23H17FN4O3/c24-16-6-4-8-18(12-16)27-23(31)15-5-3-7-17(11-15)26-22(30)14-28-20-10-2-1-9-19(20)21(29)13-25-28/h1-13H,14H2,(H,26,30)(H,27,31). The summed E-state index contributed by atoms with van der Waals surface area (Å²) in [7, 11) is 0. The minimum Gasteiger partial charge on any atom is -0.324 e. The lowest BCUT2D eigenvalue weighted by Crippen LogP contribution is -2.22. The van der Waals surface area contributed by atoms with Crippen molar-refractivity contribution in [3.05, 3.63) is 101 Å². The van der Waals surface area contributed by atoms with Gasteiger partial charge in [0.15, 0.2) is 0 Å². The van der Waals surface area contributed by atoms with Gasteiger partial charge in [0.25, 0.3) is 5.91 Å². The van der Waals surface area contributed by atoms with E-state index in [4.69, 9.17) is 0 Å². The molecule has 0 fully saturated rings. The lowest BCUT2D eigenvalue weighted by molar-refractivity contribution is -0.116. The lowest BCUT2D eigenvalue weighted by Gasteiger charge is -2.11. The second-order valence-corrected chi connectivity index (χ2v) is 6.78. The van der Waals surface area contributed by atoms with Crippen LogP contribution < -0.4 is 16.1 Å². The molecule has 0 unspecified atom stereocenters. The molecular formula is C23H17FN4O3. The summed E-state index contributed by atoms with van der Waals surface area (Å²) in [6.07, 6.45) is 1.17. The van der Waals surface area contributed by atoms with Gasteiger partial charge in [-0.1, -0.05) is 24.3 Å². The molecule has 0 spiro atoms. The van der Waals surface area contributed by atoms with E-state index in [0.29, 0.717) is 27.8 Å². The molecule has 2 amide bonds. The Labute approximate surface area is 176 Å². The zero-order valence-electron chi connectivity index (χ0n) is 16.2. The highest BCUT2D eigenvalue weighted by molar-refractivity contribution is 6.05. The Morgan fingerprint density at radius 1 is 0.903 bits per heavy atom. The number of amides is 2. The van der Waals surface area contributed by atoms with E-state index in [1.165, 1.54) is 35.1 Å². The minimum absolute atomic E-state index is 0.111. The van der Waals surface area contributed by atoms with Crippen molar-refractivity contribution in [1.82, 2.24) is 9.78 Å². The third kappa shape index (κ3) is 4.64. The Balaban J connectivity index is 1.48. The van der Waals surface area contributed by atoms with Crippen molar-refractivity contribution < 1.29 is 14.0 Å². The molecular weight excluding hydrogens is 399 g/mol. The van der Waals surface area contributed by atoms with Crippen LogP contribution in [0.4, 0.5) is 15.8 Å². The normalized spacial score (nSPS) is 10.6. The zero-order valence-corrected chi connectivity index (χ0v) is 16.2. The monoisotopic (exact) mass is 416 g/mol. The molecule has 2 N–H and O–H groups in total. The highest BCUT2D eigenvalue weighted by Gasteiger charge is 2.11. The van der Waals surface area contributed by atoms with E-state index in [-0.39, 0.29) is 17.9 Å². The van der Waals surface area contributed by atoms with Crippen LogP contribution in [0.5, 0.6) is 0 Å². The fourth-order valence-electron chi connectivity index (χ4n) is 3.13. The summed E-state index contributed by atoms with van der Waals surface area (Å²) < 4.78 is 14.7. The molecule has 1 heterocycles. The van der Waals surface area contributed by atoms with Gasteiger partial charge in [0.05, 0.1) is 11.7 Å². The van der Waals surface area contributed by atoms with Gasteiger partial charge in [0.1, 0.15) is 12.4 Å². The third-order valence-electron chi connectivity index (χ3n) is 4.55. The first-order valence-electron chi connectivity index (χ1n) is 9.41. The fourth-order valence-corrected chi connectivity index (χ4v) is 3.13. The number of para-hydroxylation sites is 1. The number of aromatic nitrogens is 2. The first kappa shape index (κ1) is 20.0. The summed E-state index contributed by atoms with van der Waals surface area (Å²) in [6.45, 7) is -0.111. The number of hydrogen-bond acceptors (Lipinski definition) is 4. The van der Waals surface area contributed by atoms with Crippen molar-refractivity contribution in [2.75, 3.05) is 10.6 Å². The number of anilines is 2. The first-order chi connectivity index (χ1) is 15.0. The molecule has 0 saturated heterocycles. The van der Waals surface area contributed by atoms with E-state index in [1.807, 2.05) is 0 Å². The average molecular weight is 416 g/mol. The van der Waals surface area contributed by atoms with Crippen LogP contribution in [0.1, 0.15) is 10.4 Å². The Morgan fingerprint density at radius 3 is 2.45 bits per heavy atom. The predicted octanol–water partition coefficient (Wildman–Crippen LogP) is 3.43. The number of hydrogen-bond donors (Lipinski definition) is 2. The molecule has 154 valence electrons. The Bertz CT molecular complexity index is 1350. The van der Waals surface area contributed by atoms with Gasteiger partial charge in [-0.3, -0.25) is 19.1 Å². The van der Waals surface area contributed by atoms with Crippen molar-refractivity contribution in [3.63, 3.8) is 0 Å². The van der Waals surface area contributed by atoms with Crippen molar-refractivity contribution in [2.24, 2.45) is 0 Å². The van der Waals surface area contributed by atoms with Gasteiger partial charge >= 0.3 is 0 Å². The first-order valence-corrected chi connectivity index (χ1v) is 9.41. The van der Waals surface area contributed by atoms with Gasteiger partial charge in [-0.05, 0) is 48.5 Å². The van der Waals surface area contributed by atoms with Gasteiger partial charge in [0, 0.05) is 22.3 Å². The zero-order chi connectivity index (χ0) is 21.8. The molecule has 31 heavy (non-hydrogen) atoms. The van der Waals surface area contributed by atoms with Crippen molar-refractivity contribution in [1.29, 1.82) is 0 Å². The number of fused-ring (bicyclic) bond motifs is 1. The Hall–Kier alpha value is -4.33. The number of halogens is 1. The van der Waals surface area contributed by atoms with E-state index in [0.717, 1.165) is 0 Å². The number of carbonyl (C=O) groups excluding carboxylic acids is 2. The Morgan fingerprint density at radius 2 is 1.65 bits per heavy atom. The van der Waals surface area contributed by atoms with E-state index in [1.54, 1.807) is 48.5 Å². The fraction of sp³-hybridized carbons (Fsp3) is 0.0435. The molecule has 0 atom stereocenters. The maximum atomic E-state index is 13.3. The number of carbonyl (C=O) groups is 2. The van der Waals surface area contributed by atoms with Gasteiger partial charge in [0.2, 0.25) is 11.3 Å². The van der Waals surface area contributed by atoms with Gasteiger partial charge in [-0.25, -0.2) is 4.39 Å². The van der Waals surface area contributed by atoms with Gasteiger partial charge in [-0.15, -0.1) is 0 Å². The van der Waals surface area contributed by atoms with Crippen LogP contribution in [0.3, 0.4) is 0 Å². The summed E-state index contributed by atoms with van der Waals surface area (Å²) in [6, 6.07) is 18.8. The number of rotatable bonds is 5. The second-order valence-electron chi connectivity index (χ2n) is 6.78. The van der Waals surface area contributed by atoms with Crippen molar-refractivity contribution in [3.8, 4) is 0 Å². The summed E-state index contributed by atoms with van der Waals surface area (Å²) in [5, 5.41) is 9.84. The molecule has 0 bridgehead atoms. The summed E-state index contributed by atoms with van der Waals surface area (Å²) in [5.41, 5.74) is 1.38. The number of nitrogens with zero attached hydrogens (tertiary/aromatic N) is 2. The molecule has 0 aliphatic carbocycles. The smallest absolute Gasteiger partial charge is 0.255 e. The van der Waals surface area contributed by atoms with Gasteiger partial charge in [-0.2, -0.15) is 5.10 Å². The maximum absolute atomic E-state index is 13.3. The van der Waals surface area contributed by atoms with Crippen LogP contribution in [-0.2, 0) is 11.3 Å². The molecule has 0 saturated carbocycles. The van der Waals surface area contributed by atoms with E-state index in [9.17, 15) is 18.8 Å². The summed E-state index contributed by atoms with van der Waals surface area (Å²) >= 11 is 0. The Kier molecular flexibility index (Phi) is 5.53. The molecule has 4 aromatic rings. The predicted molar refractivity (Wildman–Crippen MR) is 115 cm³/mol. The second kappa shape index (κ2) is 8.58. The molecule has 0 aliphatic heterocycles. The van der Waals surface area contributed by atoms with Crippen LogP contribution in [0.15, 0.2) is 83.8 Å². The van der Waals surface area contributed by atoms with Crippen LogP contribution in [0.25, 0.3) is 10.9 Å². The molecule has 4 rings (SSSR count). The molecule has 7 nitrogen and oxygen atoms in total. The minimum atomic E-state index is -0.456. The lowest BCUT2D eigenvalue weighted by atomic mass is 10.1. The maximum Gasteiger partial charge on any atom is 0.255 e. The van der Waals surface area contributed by atoms with Crippen LogP contribution >= 0.6 is 0 Å². The molecule has 0 aliphatic rings. The highest BCUT2D eigenvalue weighted by atomic mass is 19.1. The van der Waals surface area contributed by atoms with E-state index < -0.39 is 11.7 Å². The molecule has 3 aromatic carbocycles. The summed E-state index contributed by atoms with van der Waals surface area (Å²) in [4.78, 5) is 36.9. The van der Waals surface area contributed by atoms with Gasteiger partial charge < -0.3 is 10.6 Å². The van der Waals surface area contributed by atoms with Crippen LogP contribution in [0, 0.1) is 5.82 Å². The largest absolute Gasteiger partial charge is 0.324 e. The third-order valence-corrected chi connectivity index (χ3v) is 4.55. The van der Waals surface area contributed by atoms with Crippen LogP contribution in [0.2, 0.25) is 0 Å². The molecule has 0 radical (unpaired) electrons. The summed E-state index contributed by atoms with van der Waals surface area (Å²) in [5.74, 6) is -1.26. The molecule has 8 heteroatoms. The van der Waals surface area contributed by atoms with E-state index in [2.05, 4.69) is 15.7 Å².